The number of benzene rings is 10. The molecule has 0 spiro atoms. The van der Waals surface area contributed by atoms with Gasteiger partial charge in [0.25, 0.3) is 0 Å². The van der Waals surface area contributed by atoms with E-state index in [1.807, 2.05) is 196 Å². The van der Waals surface area contributed by atoms with Gasteiger partial charge >= 0.3 is 0 Å². The van der Waals surface area contributed by atoms with Gasteiger partial charge in [-0.05, 0) is 211 Å². The number of aryl methyl sites for hydroxylation is 4. The minimum atomic E-state index is -3.33. The van der Waals surface area contributed by atoms with Gasteiger partial charge in [-0.25, -0.2) is 42.1 Å². The van der Waals surface area contributed by atoms with Crippen molar-refractivity contribution in [3.05, 3.63) is 240 Å². The summed E-state index contributed by atoms with van der Waals surface area (Å²) in [5.74, 6) is 3.83. The monoisotopic (exact) mass is 1990 g/mol. The standard InChI is InChI=1S/C22H25N3O3S.3C21H23N3O3S.C20H21N3O3S/c1-5-25-21-14-18(28-6-2)12-13-19(21)20(15-23)22(25)16-8-10-17(11-9-16)24(4)29(26,27)7-3;1-14(2)24-20-12-17(27-4)10-11-18(20)19(13-22)21(24)15-6-8-16(9-7-15)23(3)28(5,25)26;1-5-12-24-20-13-17(27-3)10-11-18(20)19(14-22)21(24)15-6-8-16(9-7-15)23(2)28(4,25)26;1-5-27-17-11-12-18-19(14-22)21(23(3)20(18)13-17)15-7-9-16(10-8-15)24(4)28(25,26)6-2;1-5-27(24,25)23(3)15-8-6-14(7-9-15)20-18(13-21)17-11-10-16(26-4)12-19(17)22(20)2/h8-14H,5-7H2,1-4H3;6-12,14H,1-5H3;6-11,13H,5,12H2,1-4H3;7-13H,5-6H2,1-4H3;6-12H,5H2,1-4H3. The van der Waals surface area contributed by atoms with Crippen LogP contribution in [0.2, 0.25) is 0 Å². The van der Waals surface area contributed by atoms with Crippen molar-refractivity contribution < 1.29 is 65.8 Å². The molecule has 0 aliphatic rings. The largest absolute Gasteiger partial charge is 0.497 e. The highest BCUT2D eigenvalue weighted by Gasteiger charge is 2.29. The van der Waals surface area contributed by atoms with Crippen LogP contribution >= 0.6 is 0 Å². The molecule has 0 atom stereocenters. The maximum atomic E-state index is 12.1. The van der Waals surface area contributed by atoms with Crippen LogP contribution in [0.1, 0.15) is 103 Å². The van der Waals surface area contributed by atoms with Crippen LogP contribution in [-0.2, 0) is 77.3 Å². The number of nitriles is 5. The summed E-state index contributed by atoms with van der Waals surface area (Å²) in [6, 6.07) is 76.3. The van der Waals surface area contributed by atoms with Crippen LogP contribution in [-0.4, -0.2) is 164 Å². The van der Waals surface area contributed by atoms with Gasteiger partial charge in [0, 0.05) is 126 Å². The van der Waals surface area contributed by atoms with E-state index in [1.165, 1.54) is 55.2 Å². The van der Waals surface area contributed by atoms with E-state index >= 15 is 0 Å². The quantitative estimate of drug-likeness (QED) is 0.0420. The fraction of sp³-hybridized carbons (Fsp3) is 0.286. The molecule has 730 valence electrons. The second-order valence-corrected chi connectivity index (χ2v) is 43.7. The molecule has 0 saturated carbocycles. The van der Waals surface area contributed by atoms with E-state index in [9.17, 15) is 68.4 Å². The van der Waals surface area contributed by atoms with Gasteiger partial charge < -0.3 is 46.5 Å². The fourth-order valence-corrected chi connectivity index (χ4v) is 20.2. The fourth-order valence-electron chi connectivity index (χ4n) is 16.7. The summed E-state index contributed by atoms with van der Waals surface area (Å²) in [4.78, 5) is 0. The molecular weight excluding hydrogens is 1870 g/mol. The van der Waals surface area contributed by atoms with E-state index < -0.39 is 50.1 Å². The zero-order valence-corrected chi connectivity index (χ0v) is 86.4. The van der Waals surface area contributed by atoms with Gasteiger partial charge in [0.2, 0.25) is 50.1 Å². The Morgan fingerprint density at radius 1 is 0.314 bits per heavy atom. The Morgan fingerprint density at radius 2 is 0.557 bits per heavy atom. The molecule has 0 N–H and O–H groups in total. The first-order valence-corrected chi connectivity index (χ1v) is 53.5. The third-order valence-electron chi connectivity index (χ3n) is 24.4. The number of sulfonamides is 5. The van der Waals surface area contributed by atoms with Crippen molar-refractivity contribution in [2.45, 2.75) is 87.9 Å². The molecule has 0 aliphatic heterocycles. The molecule has 15 aromatic rings. The second kappa shape index (κ2) is 44.3. The lowest BCUT2D eigenvalue weighted by atomic mass is 10.1. The minimum Gasteiger partial charge on any atom is -0.497 e. The zero-order valence-electron chi connectivity index (χ0n) is 82.3. The van der Waals surface area contributed by atoms with Crippen molar-refractivity contribution in [2.24, 2.45) is 14.1 Å². The predicted molar refractivity (Wildman–Crippen MR) is 561 cm³/mol. The van der Waals surface area contributed by atoms with Crippen LogP contribution in [0.15, 0.2) is 212 Å². The lowest BCUT2D eigenvalue weighted by Gasteiger charge is -2.19. The Kier molecular flexibility index (Phi) is 33.4. The maximum Gasteiger partial charge on any atom is 0.234 e. The number of ether oxygens (including phenoxy) is 5. The molecule has 10 aromatic carbocycles. The van der Waals surface area contributed by atoms with Crippen molar-refractivity contribution in [1.82, 2.24) is 22.8 Å². The number of hydrogen-bond donors (Lipinski definition) is 0. The van der Waals surface area contributed by atoms with E-state index in [0.717, 1.165) is 153 Å². The SMILES string of the molecule is CCCn1c(-c2ccc(N(C)S(C)(=O)=O)cc2)c(C#N)c2ccc(OC)cc21.CCOc1ccc2c(C#N)c(-c3ccc(N(C)S(=O)(=O)CC)cc3)n(C)c2c1.CCOc1ccc2c(C#N)c(-c3ccc(N(C)S(=O)(=O)CC)cc3)n(CC)c2c1.CCS(=O)(=O)N(C)c1ccc(-c2c(C#N)c3ccc(OC)cc3n2C)cc1.COc1ccc2c(C#N)c(-c3ccc(N(C)S(C)(=O)=O)cc3)n(C(C)C)c2c1. The lowest BCUT2D eigenvalue weighted by molar-refractivity contribution is 0.340. The first-order valence-electron chi connectivity index (χ1n) is 45.0. The minimum absolute atomic E-state index is 0.0366. The summed E-state index contributed by atoms with van der Waals surface area (Å²) in [5.41, 5.74) is 18.8. The molecule has 15 rings (SSSR count). The first kappa shape index (κ1) is 106. The summed E-state index contributed by atoms with van der Waals surface area (Å²) in [6.07, 6.45) is 3.24. The zero-order chi connectivity index (χ0) is 103. The van der Waals surface area contributed by atoms with E-state index in [2.05, 4.69) is 64.8 Å². The Bertz CT molecular complexity index is 7980. The number of methoxy groups -OCH3 is 3. The van der Waals surface area contributed by atoms with Gasteiger partial charge in [-0.2, -0.15) is 26.3 Å². The summed E-state index contributed by atoms with van der Waals surface area (Å²) in [6.45, 7) is 19.6. The Balaban J connectivity index is 0.000000167. The Hall–Kier alpha value is -14.9. The molecule has 0 saturated heterocycles. The van der Waals surface area contributed by atoms with Crippen molar-refractivity contribution >= 4 is 133 Å². The number of fused-ring (bicyclic) bond motifs is 5. The summed E-state index contributed by atoms with van der Waals surface area (Å²) < 4.78 is 163. The maximum absolute atomic E-state index is 12.1. The van der Waals surface area contributed by atoms with Gasteiger partial charge in [0.05, 0.1) is 177 Å². The van der Waals surface area contributed by atoms with Crippen molar-refractivity contribution in [2.75, 3.05) is 121 Å². The smallest absolute Gasteiger partial charge is 0.234 e. The van der Waals surface area contributed by atoms with Gasteiger partial charge in [0.15, 0.2) is 0 Å². The van der Waals surface area contributed by atoms with Gasteiger partial charge in [-0.15, -0.1) is 0 Å². The highest BCUT2D eigenvalue weighted by molar-refractivity contribution is 7.93. The van der Waals surface area contributed by atoms with Crippen LogP contribution in [0.4, 0.5) is 28.4 Å². The molecule has 140 heavy (non-hydrogen) atoms. The molecule has 0 amide bonds. The molecule has 0 aliphatic carbocycles. The predicted octanol–water partition coefficient (Wildman–Crippen LogP) is 20.0. The number of aromatic nitrogens is 5. The van der Waals surface area contributed by atoms with Gasteiger partial charge in [0.1, 0.15) is 59.1 Å². The van der Waals surface area contributed by atoms with Crippen molar-refractivity contribution in [3.63, 3.8) is 0 Å². The van der Waals surface area contributed by atoms with E-state index in [4.69, 9.17) is 23.7 Å². The molecule has 0 fully saturated rings. The number of anilines is 5. The van der Waals surface area contributed by atoms with Gasteiger partial charge in [-0.3, -0.25) is 21.5 Å². The highest BCUT2D eigenvalue weighted by Crippen LogP contribution is 2.44. The van der Waals surface area contributed by atoms with E-state index in [1.54, 1.807) is 117 Å². The topological polar surface area (TPSA) is 377 Å². The van der Waals surface area contributed by atoms with Crippen LogP contribution in [0, 0.1) is 56.7 Å². The number of nitrogens with zero attached hydrogens (tertiary/aromatic N) is 15. The molecule has 0 bridgehead atoms. The Labute approximate surface area is 820 Å². The van der Waals surface area contributed by atoms with Crippen LogP contribution in [0.5, 0.6) is 28.7 Å². The molecule has 5 heterocycles. The third-order valence-corrected chi connectivity index (χ3v) is 32.2. The molecule has 0 radical (unpaired) electrons. The number of rotatable bonds is 29. The Morgan fingerprint density at radius 3 is 0.843 bits per heavy atom. The molecule has 5 aromatic heterocycles. The van der Waals surface area contributed by atoms with Crippen LogP contribution in [0.25, 0.3) is 111 Å². The second-order valence-electron chi connectivity index (χ2n) is 32.8. The normalized spacial score (nSPS) is 11.4. The van der Waals surface area contributed by atoms with Gasteiger partial charge in [-0.1, -0.05) is 67.6 Å². The average Bonchev–Trinajstić information content (AvgIpc) is 1.61. The lowest BCUT2D eigenvalue weighted by Crippen LogP contribution is -2.27. The average molecular weight is 1990 g/mol. The first-order chi connectivity index (χ1) is 66.5. The summed E-state index contributed by atoms with van der Waals surface area (Å²) in [7, 11) is -0.294. The van der Waals surface area contributed by atoms with Crippen molar-refractivity contribution in [3.8, 4) is 115 Å². The molecular formula is C105H115N15O15S5. The van der Waals surface area contributed by atoms with E-state index in [-0.39, 0.29) is 23.3 Å². The molecule has 35 heteroatoms. The highest BCUT2D eigenvalue weighted by atomic mass is 32.2. The third kappa shape index (κ3) is 21.8. The summed E-state index contributed by atoms with van der Waals surface area (Å²) >= 11 is 0. The van der Waals surface area contributed by atoms with Crippen molar-refractivity contribution in [1.29, 1.82) is 26.3 Å². The molecule has 0 unspecified atom stereocenters. The van der Waals surface area contributed by atoms with Crippen LogP contribution < -0.4 is 45.2 Å². The molecule has 30 nitrogen and oxygen atoms in total. The van der Waals surface area contributed by atoms with Crippen LogP contribution in [0.3, 0.4) is 0 Å². The van der Waals surface area contributed by atoms with E-state index in [0.29, 0.717) is 76.0 Å². The number of hydrogen-bond acceptors (Lipinski definition) is 20. The summed E-state index contributed by atoms with van der Waals surface area (Å²) in [5, 5.41) is 53.4.